The van der Waals surface area contributed by atoms with Crippen molar-refractivity contribution in [3.8, 4) is 12.3 Å². The average Bonchev–Trinajstić information content (AvgIpc) is 3.11. The number of rotatable bonds is 9. The van der Waals surface area contributed by atoms with Gasteiger partial charge < -0.3 is 19.3 Å². The summed E-state index contributed by atoms with van der Waals surface area (Å²) in [6.45, 7) is 1.12. The molecule has 3 aromatic carbocycles. The van der Waals surface area contributed by atoms with Crippen molar-refractivity contribution in [2.24, 2.45) is 5.92 Å². The molecular weight excluding hydrogens is 400 g/mol. The monoisotopic (exact) mass is 428 g/mol. The molecular formula is C28H28O4. The number of aliphatic hydroxyl groups is 1. The molecule has 0 bridgehead atoms. The second-order valence-electron chi connectivity index (χ2n) is 7.97. The lowest BCUT2D eigenvalue weighted by Gasteiger charge is -2.26. The molecule has 0 amide bonds. The van der Waals surface area contributed by atoms with Crippen molar-refractivity contribution in [3.05, 3.63) is 108 Å². The summed E-state index contributed by atoms with van der Waals surface area (Å²) in [5.74, 6) is 2.19. The fraction of sp³-hybridized carbons (Fsp3) is 0.286. The van der Waals surface area contributed by atoms with E-state index in [2.05, 4.69) is 5.92 Å². The molecule has 4 nitrogen and oxygen atoms in total. The minimum absolute atomic E-state index is 0.358. The van der Waals surface area contributed by atoms with Gasteiger partial charge in [0, 0.05) is 0 Å². The standard InChI is InChI=1S/C28H28O4/c1-2-24-25(29)27(31-19-22-14-8-4-9-15-22)28(32-20-23-16-10-5-11-17-23)26(24)30-18-21-12-6-3-7-13-21/h1,3-17,24-29H,18-20H2/t24-,25-,26+,27-,28-/m0/s1. The Hall–Kier alpha value is -2.94. The Morgan fingerprint density at radius 2 is 0.969 bits per heavy atom. The predicted molar refractivity (Wildman–Crippen MR) is 123 cm³/mol. The third-order valence-electron chi connectivity index (χ3n) is 5.75. The molecule has 32 heavy (non-hydrogen) atoms. The zero-order valence-corrected chi connectivity index (χ0v) is 17.9. The number of ether oxygens (including phenoxy) is 3. The van der Waals surface area contributed by atoms with Gasteiger partial charge in [0.1, 0.15) is 18.3 Å². The molecule has 0 aliphatic heterocycles. The van der Waals surface area contributed by atoms with Gasteiger partial charge in [-0.3, -0.25) is 0 Å². The van der Waals surface area contributed by atoms with Crippen molar-refractivity contribution in [2.45, 2.75) is 44.2 Å². The summed E-state index contributed by atoms with van der Waals surface area (Å²) in [5.41, 5.74) is 3.09. The van der Waals surface area contributed by atoms with E-state index in [-0.39, 0.29) is 0 Å². The normalized spacial score (nSPS) is 24.8. The van der Waals surface area contributed by atoms with Gasteiger partial charge in [0.05, 0.1) is 31.8 Å². The molecule has 3 aromatic rings. The van der Waals surface area contributed by atoms with Gasteiger partial charge in [-0.05, 0) is 16.7 Å². The van der Waals surface area contributed by atoms with Crippen molar-refractivity contribution < 1.29 is 19.3 Å². The number of hydrogen-bond acceptors (Lipinski definition) is 4. The van der Waals surface area contributed by atoms with E-state index in [9.17, 15) is 5.11 Å². The smallest absolute Gasteiger partial charge is 0.114 e. The fourth-order valence-corrected chi connectivity index (χ4v) is 4.06. The van der Waals surface area contributed by atoms with Crippen LogP contribution < -0.4 is 0 Å². The summed E-state index contributed by atoms with van der Waals surface area (Å²) < 4.78 is 18.7. The average molecular weight is 429 g/mol. The summed E-state index contributed by atoms with van der Waals surface area (Å²) in [6, 6.07) is 29.7. The van der Waals surface area contributed by atoms with Crippen LogP contribution in [0.1, 0.15) is 16.7 Å². The Morgan fingerprint density at radius 3 is 1.38 bits per heavy atom. The van der Waals surface area contributed by atoms with Gasteiger partial charge in [-0.1, -0.05) is 96.9 Å². The Bertz CT molecular complexity index is 984. The van der Waals surface area contributed by atoms with Crippen LogP contribution in [0.25, 0.3) is 0 Å². The Balaban J connectivity index is 1.52. The van der Waals surface area contributed by atoms with Crippen molar-refractivity contribution in [1.29, 1.82) is 0 Å². The Morgan fingerprint density at radius 1 is 0.594 bits per heavy atom. The highest BCUT2D eigenvalue weighted by Gasteiger charge is 2.52. The SMILES string of the molecule is C#C[C@H]1[C@H](O)[C@H](OCc2ccccc2)[C@@H](OCc2ccccc2)[C@@H]1OCc1ccccc1. The van der Waals surface area contributed by atoms with Gasteiger partial charge in [0.15, 0.2) is 0 Å². The highest BCUT2D eigenvalue weighted by atomic mass is 16.6. The first-order valence-corrected chi connectivity index (χ1v) is 10.9. The molecule has 1 aliphatic carbocycles. The van der Waals surface area contributed by atoms with E-state index in [1.165, 1.54) is 0 Å². The quantitative estimate of drug-likeness (QED) is 0.515. The maximum Gasteiger partial charge on any atom is 0.114 e. The molecule has 1 saturated carbocycles. The number of terminal acetylenes is 1. The zero-order chi connectivity index (χ0) is 22.2. The van der Waals surface area contributed by atoms with E-state index >= 15 is 0 Å². The fourth-order valence-electron chi connectivity index (χ4n) is 4.06. The van der Waals surface area contributed by atoms with Gasteiger partial charge >= 0.3 is 0 Å². The largest absolute Gasteiger partial charge is 0.389 e. The molecule has 0 spiro atoms. The Kier molecular flexibility index (Phi) is 7.71. The van der Waals surface area contributed by atoms with Gasteiger partial charge in [0.2, 0.25) is 0 Å². The summed E-state index contributed by atoms with van der Waals surface area (Å²) in [5, 5.41) is 11.0. The van der Waals surface area contributed by atoms with Crippen LogP contribution in [0, 0.1) is 18.3 Å². The Labute approximate surface area is 189 Å². The van der Waals surface area contributed by atoms with Crippen LogP contribution in [0.2, 0.25) is 0 Å². The van der Waals surface area contributed by atoms with Gasteiger partial charge in [0.25, 0.3) is 0 Å². The van der Waals surface area contributed by atoms with Crippen LogP contribution in [0.5, 0.6) is 0 Å². The lowest BCUT2D eigenvalue weighted by Crippen LogP contribution is -2.38. The minimum Gasteiger partial charge on any atom is -0.389 e. The van der Waals surface area contributed by atoms with Crippen LogP contribution >= 0.6 is 0 Å². The summed E-state index contributed by atoms with van der Waals surface area (Å²) >= 11 is 0. The molecule has 0 radical (unpaired) electrons. The highest BCUT2D eigenvalue weighted by molar-refractivity contribution is 5.18. The van der Waals surface area contributed by atoms with Crippen LogP contribution in [0.3, 0.4) is 0 Å². The van der Waals surface area contributed by atoms with E-state index in [1.807, 2.05) is 91.0 Å². The van der Waals surface area contributed by atoms with Crippen LogP contribution in [-0.4, -0.2) is 29.5 Å². The second kappa shape index (κ2) is 11.1. The van der Waals surface area contributed by atoms with Crippen molar-refractivity contribution in [2.75, 3.05) is 0 Å². The van der Waals surface area contributed by atoms with Gasteiger partial charge in [-0.25, -0.2) is 0 Å². The van der Waals surface area contributed by atoms with Gasteiger partial charge in [-0.15, -0.1) is 6.42 Å². The molecule has 0 aromatic heterocycles. The molecule has 4 heteroatoms. The van der Waals surface area contributed by atoms with E-state index < -0.39 is 30.3 Å². The predicted octanol–water partition coefficient (Wildman–Crippen LogP) is 4.37. The van der Waals surface area contributed by atoms with E-state index in [1.54, 1.807) is 0 Å². The van der Waals surface area contributed by atoms with Gasteiger partial charge in [-0.2, -0.15) is 0 Å². The lowest BCUT2D eigenvalue weighted by atomic mass is 10.0. The number of hydrogen-bond donors (Lipinski definition) is 1. The van der Waals surface area contributed by atoms with Crippen LogP contribution in [0.4, 0.5) is 0 Å². The van der Waals surface area contributed by atoms with Crippen molar-refractivity contribution >= 4 is 0 Å². The molecule has 5 atom stereocenters. The number of aliphatic hydroxyl groups excluding tert-OH is 1. The van der Waals surface area contributed by atoms with Crippen molar-refractivity contribution in [1.82, 2.24) is 0 Å². The molecule has 1 fully saturated rings. The first kappa shape index (κ1) is 22.3. The second-order valence-corrected chi connectivity index (χ2v) is 7.97. The first-order valence-electron chi connectivity index (χ1n) is 10.9. The number of benzene rings is 3. The summed E-state index contributed by atoms with van der Waals surface area (Å²) in [4.78, 5) is 0. The van der Waals surface area contributed by atoms with E-state index in [0.29, 0.717) is 19.8 Å². The molecule has 0 heterocycles. The summed E-state index contributed by atoms with van der Waals surface area (Å²) in [6.07, 6.45) is 3.35. The maximum atomic E-state index is 11.0. The maximum absolute atomic E-state index is 11.0. The molecule has 0 unspecified atom stereocenters. The summed E-state index contributed by atoms with van der Waals surface area (Å²) in [7, 11) is 0. The highest BCUT2D eigenvalue weighted by Crippen LogP contribution is 2.35. The zero-order valence-electron chi connectivity index (χ0n) is 17.9. The van der Waals surface area contributed by atoms with Crippen LogP contribution in [0.15, 0.2) is 91.0 Å². The molecule has 4 rings (SSSR count). The van der Waals surface area contributed by atoms with Crippen molar-refractivity contribution in [3.63, 3.8) is 0 Å². The third kappa shape index (κ3) is 5.45. The molecule has 164 valence electrons. The molecule has 0 saturated heterocycles. The molecule has 1 aliphatic rings. The van der Waals surface area contributed by atoms with E-state index in [0.717, 1.165) is 16.7 Å². The lowest BCUT2D eigenvalue weighted by molar-refractivity contribution is -0.133. The molecule has 1 N–H and O–H groups in total. The minimum atomic E-state index is -0.884. The topological polar surface area (TPSA) is 47.9 Å². The van der Waals surface area contributed by atoms with Crippen LogP contribution in [-0.2, 0) is 34.0 Å². The first-order chi connectivity index (χ1) is 15.8. The third-order valence-corrected chi connectivity index (χ3v) is 5.75. The van der Waals surface area contributed by atoms with E-state index in [4.69, 9.17) is 20.6 Å².